The van der Waals surface area contributed by atoms with E-state index in [2.05, 4.69) is 24.5 Å². The van der Waals surface area contributed by atoms with Gasteiger partial charge < -0.3 is 10.6 Å². The van der Waals surface area contributed by atoms with Crippen LogP contribution in [0.5, 0.6) is 0 Å². The smallest absolute Gasteiger partial charge is 0.255 e. The van der Waals surface area contributed by atoms with Crippen LogP contribution in [-0.2, 0) is 12.8 Å². The van der Waals surface area contributed by atoms with Crippen molar-refractivity contribution in [2.75, 3.05) is 10.6 Å². The average molecular weight is 401 g/mol. The summed E-state index contributed by atoms with van der Waals surface area (Å²) >= 11 is 0. The summed E-state index contributed by atoms with van der Waals surface area (Å²) < 4.78 is 0. The highest BCUT2D eigenvalue weighted by molar-refractivity contribution is 6.09. The van der Waals surface area contributed by atoms with Crippen LogP contribution in [0.4, 0.5) is 11.4 Å². The first-order valence-corrected chi connectivity index (χ1v) is 10.3. The predicted molar refractivity (Wildman–Crippen MR) is 123 cm³/mol. The Morgan fingerprint density at radius 1 is 0.667 bits per heavy atom. The molecule has 0 heterocycles. The van der Waals surface area contributed by atoms with Crippen molar-refractivity contribution >= 4 is 23.2 Å². The van der Waals surface area contributed by atoms with Crippen LogP contribution in [0.2, 0.25) is 0 Å². The van der Waals surface area contributed by atoms with E-state index >= 15 is 0 Å². The molecule has 2 N–H and O–H groups in total. The van der Waals surface area contributed by atoms with Gasteiger partial charge in [0.25, 0.3) is 11.8 Å². The fourth-order valence-corrected chi connectivity index (χ4v) is 3.58. The molecule has 0 fully saturated rings. The number of nitrogens with one attached hydrogen (secondary N) is 2. The zero-order valence-electron chi connectivity index (χ0n) is 18.0. The van der Waals surface area contributed by atoms with Crippen molar-refractivity contribution in [1.29, 1.82) is 0 Å². The van der Waals surface area contributed by atoms with Gasteiger partial charge in [-0.05, 0) is 67.1 Å². The van der Waals surface area contributed by atoms with E-state index in [1.807, 2.05) is 50.2 Å². The van der Waals surface area contributed by atoms with Gasteiger partial charge in [0.05, 0.1) is 0 Å². The van der Waals surface area contributed by atoms with Crippen LogP contribution >= 0.6 is 0 Å². The maximum atomic E-state index is 12.9. The number of hydrogen-bond acceptors (Lipinski definition) is 2. The highest BCUT2D eigenvalue weighted by atomic mass is 16.2. The Labute approximate surface area is 178 Å². The van der Waals surface area contributed by atoms with Gasteiger partial charge in [0.2, 0.25) is 0 Å². The molecule has 0 spiro atoms. The molecule has 0 bridgehead atoms. The van der Waals surface area contributed by atoms with Crippen LogP contribution < -0.4 is 10.6 Å². The summed E-state index contributed by atoms with van der Waals surface area (Å²) in [4.78, 5) is 25.8. The Kier molecular flexibility index (Phi) is 6.68. The second-order valence-corrected chi connectivity index (χ2v) is 7.41. The van der Waals surface area contributed by atoms with Crippen molar-refractivity contribution in [3.05, 3.63) is 94.0 Å². The SMILES string of the molecule is CCc1cccc(C)c1NC(=O)c1cccc(C(=O)Nc2c(C)cccc2CC)c1. The van der Waals surface area contributed by atoms with Crippen LogP contribution in [0.15, 0.2) is 60.7 Å². The van der Waals surface area contributed by atoms with Crippen LogP contribution in [0.1, 0.15) is 56.8 Å². The Morgan fingerprint density at radius 3 is 1.47 bits per heavy atom. The lowest BCUT2D eigenvalue weighted by Gasteiger charge is -2.14. The van der Waals surface area contributed by atoms with Gasteiger partial charge in [0, 0.05) is 22.5 Å². The number of amides is 2. The Hall–Kier alpha value is -3.40. The summed E-state index contributed by atoms with van der Waals surface area (Å²) in [5.74, 6) is -0.447. The molecule has 0 saturated carbocycles. The number of rotatable bonds is 6. The zero-order chi connectivity index (χ0) is 21.7. The maximum Gasteiger partial charge on any atom is 0.255 e. The van der Waals surface area contributed by atoms with E-state index in [0.29, 0.717) is 11.1 Å². The number of anilines is 2. The van der Waals surface area contributed by atoms with Crippen molar-refractivity contribution in [1.82, 2.24) is 0 Å². The zero-order valence-corrected chi connectivity index (χ0v) is 18.0. The summed E-state index contributed by atoms with van der Waals surface area (Å²) in [6.07, 6.45) is 1.66. The summed E-state index contributed by atoms with van der Waals surface area (Å²) in [6.45, 7) is 8.08. The molecule has 30 heavy (non-hydrogen) atoms. The molecule has 4 nitrogen and oxygen atoms in total. The first-order chi connectivity index (χ1) is 14.4. The van der Waals surface area contributed by atoms with Gasteiger partial charge in [0.15, 0.2) is 0 Å². The van der Waals surface area contributed by atoms with Gasteiger partial charge >= 0.3 is 0 Å². The van der Waals surface area contributed by atoms with Gasteiger partial charge in [-0.3, -0.25) is 9.59 Å². The first kappa shape index (κ1) is 21.3. The standard InChI is InChI=1S/C26H28N2O2/c1-5-19-12-7-10-17(3)23(19)27-25(29)21-14-9-15-22(16-21)26(30)28-24-18(4)11-8-13-20(24)6-2/h7-16H,5-6H2,1-4H3,(H,27,29)(H,28,30). The lowest BCUT2D eigenvalue weighted by molar-refractivity contribution is 0.102. The van der Waals surface area contributed by atoms with Crippen LogP contribution in [0, 0.1) is 13.8 Å². The molecule has 0 aromatic heterocycles. The molecule has 154 valence electrons. The highest BCUT2D eigenvalue weighted by Gasteiger charge is 2.15. The van der Waals surface area contributed by atoms with E-state index in [1.54, 1.807) is 24.3 Å². The Morgan fingerprint density at radius 2 is 1.07 bits per heavy atom. The van der Waals surface area contributed by atoms with Crippen molar-refractivity contribution < 1.29 is 9.59 Å². The molecule has 0 saturated heterocycles. The molecule has 3 aromatic carbocycles. The molecule has 4 heteroatoms. The van der Waals surface area contributed by atoms with E-state index in [-0.39, 0.29) is 11.8 Å². The largest absolute Gasteiger partial charge is 0.321 e. The number of carbonyl (C=O) groups is 2. The van der Waals surface area contributed by atoms with Gasteiger partial charge in [-0.1, -0.05) is 56.3 Å². The molecule has 0 aliphatic carbocycles. The van der Waals surface area contributed by atoms with Crippen LogP contribution in [0.25, 0.3) is 0 Å². The van der Waals surface area contributed by atoms with Gasteiger partial charge in [-0.15, -0.1) is 0 Å². The summed E-state index contributed by atoms with van der Waals surface area (Å²) in [5, 5.41) is 6.04. The molecule has 3 rings (SSSR count). The Bertz CT molecular complexity index is 1000. The number of hydrogen-bond donors (Lipinski definition) is 2. The van der Waals surface area contributed by atoms with Gasteiger partial charge in [0.1, 0.15) is 0 Å². The molecule has 3 aromatic rings. The molecule has 0 aliphatic rings. The number of benzene rings is 3. The molecule has 0 radical (unpaired) electrons. The number of carbonyl (C=O) groups excluding carboxylic acids is 2. The van der Waals surface area contributed by atoms with Gasteiger partial charge in [-0.25, -0.2) is 0 Å². The fraction of sp³-hybridized carbons (Fsp3) is 0.231. The molecule has 0 unspecified atom stereocenters. The molecule has 2 amide bonds. The lowest BCUT2D eigenvalue weighted by Crippen LogP contribution is -2.17. The third kappa shape index (κ3) is 4.60. The lowest BCUT2D eigenvalue weighted by atomic mass is 10.0. The number of aryl methyl sites for hydroxylation is 4. The van der Waals surface area contributed by atoms with Crippen LogP contribution in [0.3, 0.4) is 0 Å². The van der Waals surface area contributed by atoms with E-state index in [1.165, 1.54) is 0 Å². The maximum absolute atomic E-state index is 12.9. The fourth-order valence-electron chi connectivity index (χ4n) is 3.58. The Balaban J connectivity index is 1.83. The third-order valence-corrected chi connectivity index (χ3v) is 5.34. The summed E-state index contributed by atoms with van der Waals surface area (Å²) in [6, 6.07) is 18.8. The molecule has 0 aliphatic heterocycles. The molecular weight excluding hydrogens is 372 g/mol. The van der Waals surface area contributed by atoms with Crippen molar-refractivity contribution in [3.8, 4) is 0 Å². The topological polar surface area (TPSA) is 58.2 Å². The van der Waals surface area contributed by atoms with E-state index < -0.39 is 0 Å². The minimum atomic E-state index is -0.223. The van der Waals surface area contributed by atoms with E-state index in [0.717, 1.165) is 46.5 Å². The van der Waals surface area contributed by atoms with Crippen molar-refractivity contribution in [3.63, 3.8) is 0 Å². The van der Waals surface area contributed by atoms with E-state index in [9.17, 15) is 9.59 Å². The third-order valence-electron chi connectivity index (χ3n) is 5.34. The van der Waals surface area contributed by atoms with Crippen molar-refractivity contribution in [2.24, 2.45) is 0 Å². The second-order valence-electron chi connectivity index (χ2n) is 7.41. The van der Waals surface area contributed by atoms with Crippen LogP contribution in [-0.4, -0.2) is 11.8 Å². The van der Waals surface area contributed by atoms with Crippen molar-refractivity contribution in [2.45, 2.75) is 40.5 Å². The van der Waals surface area contributed by atoms with Gasteiger partial charge in [-0.2, -0.15) is 0 Å². The second kappa shape index (κ2) is 9.40. The normalized spacial score (nSPS) is 10.5. The highest BCUT2D eigenvalue weighted by Crippen LogP contribution is 2.23. The minimum absolute atomic E-state index is 0.223. The first-order valence-electron chi connectivity index (χ1n) is 10.3. The minimum Gasteiger partial charge on any atom is -0.321 e. The monoisotopic (exact) mass is 400 g/mol. The molecule has 0 atom stereocenters. The summed E-state index contributed by atoms with van der Waals surface area (Å²) in [5.41, 5.74) is 6.79. The average Bonchev–Trinajstić information content (AvgIpc) is 2.76. The summed E-state index contributed by atoms with van der Waals surface area (Å²) in [7, 11) is 0. The molecular formula is C26H28N2O2. The number of para-hydroxylation sites is 2. The quantitative estimate of drug-likeness (QED) is 0.538. The predicted octanol–water partition coefficient (Wildman–Crippen LogP) is 5.93. The van der Waals surface area contributed by atoms with E-state index in [4.69, 9.17) is 0 Å².